The fourth-order valence-corrected chi connectivity index (χ4v) is 4.83. The van der Waals surface area contributed by atoms with Crippen molar-refractivity contribution >= 4 is 33.7 Å². The molecular formula is C18H26N2O5S2. The average Bonchev–Trinajstić information content (AvgIpc) is 2.61. The molecule has 0 unspecified atom stereocenters. The first-order valence-corrected chi connectivity index (χ1v) is 11.3. The largest absolute Gasteiger partial charge is 0.481 e. The Morgan fingerprint density at radius 1 is 1.04 bits per heavy atom. The number of hydrogen-bond acceptors (Lipinski definition) is 5. The second kappa shape index (κ2) is 8.62. The quantitative estimate of drug-likeness (QED) is 0.760. The van der Waals surface area contributed by atoms with Crippen molar-refractivity contribution in [3.05, 3.63) is 29.8 Å². The molecule has 9 heteroatoms. The summed E-state index contributed by atoms with van der Waals surface area (Å²) in [5, 5.41) is 8.61. The van der Waals surface area contributed by atoms with Gasteiger partial charge >= 0.3 is 5.97 Å². The van der Waals surface area contributed by atoms with Crippen molar-refractivity contribution in [1.29, 1.82) is 0 Å². The SMILES string of the molecule is CC(C)(C)c1ccc(S(=O)(=O)N2CCN(C(=O)CSCC(=O)O)CC2)cc1. The Morgan fingerprint density at radius 3 is 2.07 bits per heavy atom. The molecule has 7 nitrogen and oxygen atoms in total. The number of hydrogen-bond donors (Lipinski definition) is 1. The van der Waals surface area contributed by atoms with E-state index in [1.54, 1.807) is 17.0 Å². The summed E-state index contributed by atoms with van der Waals surface area (Å²) in [6.07, 6.45) is 0. The molecule has 27 heavy (non-hydrogen) atoms. The number of piperazine rings is 1. The summed E-state index contributed by atoms with van der Waals surface area (Å²) < 4.78 is 27.0. The highest BCUT2D eigenvalue weighted by Crippen LogP contribution is 2.25. The Balaban J connectivity index is 1.96. The summed E-state index contributed by atoms with van der Waals surface area (Å²) in [6.45, 7) is 7.30. The van der Waals surface area contributed by atoms with Crippen molar-refractivity contribution in [1.82, 2.24) is 9.21 Å². The minimum absolute atomic E-state index is 0.0487. The molecule has 1 aromatic rings. The van der Waals surface area contributed by atoms with Gasteiger partial charge in [-0.1, -0.05) is 32.9 Å². The minimum Gasteiger partial charge on any atom is -0.481 e. The normalized spacial score (nSPS) is 16.3. The lowest BCUT2D eigenvalue weighted by Gasteiger charge is -2.34. The van der Waals surface area contributed by atoms with Gasteiger partial charge in [0.15, 0.2) is 0 Å². The summed E-state index contributed by atoms with van der Waals surface area (Å²) in [5.41, 5.74) is 1.02. The van der Waals surface area contributed by atoms with E-state index >= 15 is 0 Å². The first-order valence-electron chi connectivity index (χ1n) is 8.70. The zero-order chi connectivity index (χ0) is 20.2. The van der Waals surface area contributed by atoms with Crippen LogP contribution >= 0.6 is 11.8 Å². The lowest BCUT2D eigenvalue weighted by molar-refractivity contribution is -0.133. The third-order valence-electron chi connectivity index (χ3n) is 4.40. The highest BCUT2D eigenvalue weighted by Gasteiger charge is 2.30. The van der Waals surface area contributed by atoms with Crippen LogP contribution in [0.5, 0.6) is 0 Å². The van der Waals surface area contributed by atoms with E-state index in [1.165, 1.54) is 4.31 Å². The molecule has 0 saturated carbocycles. The van der Waals surface area contributed by atoms with Gasteiger partial charge in [-0.25, -0.2) is 8.42 Å². The molecule has 1 aliphatic rings. The molecule has 0 spiro atoms. The van der Waals surface area contributed by atoms with E-state index in [2.05, 4.69) is 20.8 Å². The smallest absolute Gasteiger partial charge is 0.313 e. The van der Waals surface area contributed by atoms with Gasteiger partial charge in [0.05, 0.1) is 16.4 Å². The standard InChI is InChI=1S/C18H26N2O5S2/c1-18(2,3)14-4-6-15(7-5-14)27(24,25)20-10-8-19(9-11-20)16(21)12-26-13-17(22)23/h4-7H,8-13H2,1-3H3,(H,22,23). The number of carbonyl (C=O) groups excluding carboxylic acids is 1. The summed E-state index contributed by atoms with van der Waals surface area (Å²) >= 11 is 1.05. The van der Waals surface area contributed by atoms with E-state index in [9.17, 15) is 18.0 Å². The van der Waals surface area contributed by atoms with Gasteiger partial charge in [0.2, 0.25) is 15.9 Å². The van der Waals surface area contributed by atoms with Crippen LogP contribution in [-0.4, -0.2) is 72.3 Å². The first kappa shape index (κ1) is 21.7. The molecule has 0 atom stereocenters. The lowest BCUT2D eigenvalue weighted by atomic mass is 9.87. The third-order valence-corrected chi connectivity index (χ3v) is 7.22. The number of aliphatic carboxylic acids is 1. The van der Waals surface area contributed by atoms with Crippen LogP contribution in [0.1, 0.15) is 26.3 Å². The number of rotatable bonds is 6. The molecule has 150 valence electrons. The number of sulfonamides is 1. The molecule has 0 radical (unpaired) electrons. The number of carbonyl (C=O) groups is 2. The van der Waals surface area contributed by atoms with Gasteiger partial charge in [0.25, 0.3) is 0 Å². The van der Waals surface area contributed by atoms with Crippen LogP contribution in [0.15, 0.2) is 29.2 Å². The number of nitrogens with zero attached hydrogens (tertiary/aromatic N) is 2. The predicted molar refractivity (Wildman–Crippen MR) is 105 cm³/mol. The topological polar surface area (TPSA) is 95.0 Å². The molecular weight excluding hydrogens is 388 g/mol. The van der Waals surface area contributed by atoms with Gasteiger partial charge in [-0.3, -0.25) is 9.59 Å². The van der Waals surface area contributed by atoms with Crippen molar-refractivity contribution in [3.8, 4) is 0 Å². The fourth-order valence-electron chi connectivity index (χ4n) is 2.77. The molecule has 1 aromatic carbocycles. The minimum atomic E-state index is -3.59. The molecule has 0 aromatic heterocycles. The molecule has 1 saturated heterocycles. The lowest BCUT2D eigenvalue weighted by Crippen LogP contribution is -2.51. The Hall–Kier alpha value is -1.58. The van der Waals surface area contributed by atoms with Gasteiger partial charge < -0.3 is 10.0 Å². The summed E-state index contributed by atoms with van der Waals surface area (Å²) in [6, 6.07) is 6.95. The van der Waals surface area contributed by atoms with E-state index in [1.807, 2.05) is 12.1 Å². The van der Waals surface area contributed by atoms with Crippen LogP contribution in [0.4, 0.5) is 0 Å². The van der Waals surface area contributed by atoms with Crippen molar-refractivity contribution in [2.24, 2.45) is 0 Å². The van der Waals surface area contributed by atoms with Crippen LogP contribution in [0.2, 0.25) is 0 Å². The van der Waals surface area contributed by atoms with Gasteiger partial charge in [0.1, 0.15) is 0 Å². The molecule has 2 rings (SSSR count). The van der Waals surface area contributed by atoms with Crippen molar-refractivity contribution in [3.63, 3.8) is 0 Å². The van der Waals surface area contributed by atoms with Crippen molar-refractivity contribution in [2.75, 3.05) is 37.7 Å². The van der Waals surface area contributed by atoms with Gasteiger partial charge in [-0.15, -0.1) is 11.8 Å². The summed E-state index contributed by atoms with van der Waals surface area (Å²) in [4.78, 5) is 24.4. The number of benzene rings is 1. The van der Waals surface area contributed by atoms with Crippen LogP contribution in [-0.2, 0) is 25.0 Å². The molecule has 1 fully saturated rings. The average molecular weight is 415 g/mol. The zero-order valence-electron chi connectivity index (χ0n) is 15.8. The van der Waals surface area contributed by atoms with E-state index < -0.39 is 16.0 Å². The van der Waals surface area contributed by atoms with E-state index in [0.29, 0.717) is 13.1 Å². The maximum Gasteiger partial charge on any atom is 0.313 e. The Labute approximate surface area is 164 Å². The van der Waals surface area contributed by atoms with Crippen LogP contribution < -0.4 is 0 Å². The van der Waals surface area contributed by atoms with E-state index in [-0.39, 0.29) is 40.8 Å². The highest BCUT2D eigenvalue weighted by atomic mass is 32.2. The maximum absolute atomic E-state index is 12.8. The van der Waals surface area contributed by atoms with Crippen LogP contribution in [0.3, 0.4) is 0 Å². The molecule has 0 aliphatic carbocycles. The molecule has 1 amide bonds. The van der Waals surface area contributed by atoms with Crippen molar-refractivity contribution < 1.29 is 23.1 Å². The highest BCUT2D eigenvalue weighted by molar-refractivity contribution is 8.00. The predicted octanol–water partition coefficient (Wildman–Crippen LogP) is 1.63. The second-order valence-corrected chi connectivity index (χ2v) is 10.4. The monoisotopic (exact) mass is 414 g/mol. The van der Waals surface area contributed by atoms with Crippen LogP contribution in [0, 0.1) is 0 Å². The molecule has 0 bridgehead atoms. The number of thioether (sulfide) groups is 1. The molecule has 1 aliphatic heterocycles. The third kappa shape index (κ3) is 5.70. The Bertz CT molecular complexity index is 777. The van der Waals surface area contributed by atoms with E-state index in [4.69, 9.17) is 5.11 Å². The Morgan fingerprint density at radius 2 is 1.59 bits per heavy atom. The second-order valence-electron chi connectivity index (χ2n) is 7.45. The van der Waals surface area contributed by atoms with Gasteiger partial charge in [0, 0.05) is 26.2 Å². The summed E-state index contributed by atoms with van der Waals surface area (Å²) in [5.74, 6) is -1.15. The Kier molecular flexibility index (Phi) is 6.93. The number of carboxylic acids is 1. The number of amides is 1. The zero-order valence-corrected chi connectivity index (χ0v) is 17.5. The molecule has 1 N–H and O–H groups in total. The number of carboxylic acid groups (broad SMARTS) is 1. The van der Waals surface area contributed by atoms with E-state index in [0.717, 1.165) is 17.3 Å². The van der Waals surface area contributed by atoms with Gasteiger partial charge in [-0.2, -0.15) is 4.31 Å². The van der Waals surface area contributed by atoms with Crippen molar-refractivity contribution in [2.45, 2.75) is 31.1 Å². The summed E-state index contributed by atoms with van der Waals surface area (Å²) in [7, 11) is -3.59. The van der Waals surface area contributed by atoms with Gasteiger partial charge in [-0.05, 0) is 23.1 Å². The molecule has 1 heterocycles. The fraction of sp³-hybridized carbons (Fsp3) is 0.556. The van der Waals surface area contributed by atoms with Crippen LogP contribution in [0.25, 0.3) is 0 Å². The maximum atomic E-state index is 12.8. The first-order chi connectivity index (χ1) is 12.5.